The van der Waals surface area contributed by atoms with E-state index in [1.54, 1.807) is 24.5 Å². The highest BCUT2D eigenvalue weighted by Gasteiger charge is 2.01. The number of allylic oxidation sites excluding steroid dienone is 7. The van der Waals surface area contributed by atoms with E-state index in [9.17, 15) is 4.79 Å². The van der Waals surface area contributed by atoms with Crippen molar-refractivity contribution in [3.05, 3.63) is 71.1 Å². The van der Waals surface area contributed by atoms with E-state index in [-0.39, 0.29) is 6.61 Å². The summed E-state index contributed by atoms with van der Waals surface area (Å²) < 4.78 is 5.18. The molecule has 0 aliphatic carbocycles. The molecule has 1 heterocycles. The van der Waals surface area contributed by atoms with Crippen LogP contribution in [0.3, 0.4) is 0 Å². The minimum absolute atomic E-state index is 0.275. The summed E-state index contributed by atoms with van der Waals surface area (Å²) in [6, 6.07) is 3.53. The van der Waals surface area contributed by atoms with Crippen LogP contribution in [0.25, 0.3) is 0 Å². The number of nitrogens with one attached hydrogen (secondary N) is 1. The molecule has 0 aliphatic rings. The number of anilines is 1. The second-order valence-electron chi connectivity index (χ2n) is 8.01. The maximum Gasteiger partial charge on any atom is 0.411 e. The fourth-order valence-corrected chi connectivity index (χ4v) is 2.84. The molecule has 0 spiro atoms. The summed E-state index contributed by atoms with van der Waals surface area (Å²) in [6.45, 7) is 11.1. The zero-order valence-corrected chi connectivity index (χ0v) is 19.3. The molecule has 1 rings (SSSR count). The first-order chi connectivity index (χ1) is 14.4. The minimum Gasteiger partial charge on any atom is -0.445 e. The Morgan fingerprint density at radius 3 is 2.00 bits per heavy atom. The van der Waals surface area contributed by atoms with Crippen LogP contribution in [0.2, 0.25) is 0 Å². The van der Waals surface area contributed by atoms with Gasteiger partial charge in [-0.1, -0.05) is 40.5 Å². The molecule has 1 aromatic rings. The number of ether oxygens (including phenoxy) is 1. The van der Waals surface area contributed by atoms with Crippen molar-refractivity contribution in [2.75, 3.05) is 11.9 Å². The van der Waals surface area contributed by atoms with E-state index in [0.717, 1.165) is 38.5 Å². The van der Waals surface area contributed by atoms with Gasteiger partial charge < -0.3 is 4.74 Å². The highest BCUT2D eigenvalue weighted by atomic mass is 16.5. The molecule has 0 unspecified atom stereocenters. The van der Waals surface area contributed by atoms with Gasteiger partial charge in [-0.15, -0.1) is 0 Å². The van der Waals surface area contributed by atoms with Crippen LogP contribution in [0.15, 0.2) is 71.1 Å². The number of carbonyl (C=O) groups excluding carboxylic acids is 1. The van der Waals surface area contributed by atoms with Gasteiger partial charge in [0.15, 0.2) is 0 Å². The van der Waals surface area contributed by atoms with Gasteiger partial charge in [0, 0.05) is 6.20 Å². The average molecular weight is 411 g/mol. The van der Waals surface area contributed by atoms with Crippen molar-refractivity contribution in [1.29, 1.82) is 0 Å². The molecule has 164 valence electrons. The third kappa shape index (κ3) is 13.5. The van der Waals surface area contributed by atoms with Crippen molar-refractivity contribution in [2.45, 2.75) is 73.1 Å². The summed E-state index contributed by atoms with van der Waals surface area (Å²) in [7, 11) is 0. The largest absolute Gasteiger partial charge is 0.445 e. The smallest absolute Gasteiger partial charge is 0.411 e. The zero-order valence-electron chi connectivity index (χ0n) is 19.3. The topological polar surface area (TPSA) is 51.2 Å². The van der Waals surface area contributed by atoms with Crippen LogP contribution in [0.1, 0.15) is 73.1 Å². The van der Waals surface area contributed by atoms with Gasteiger partial charge in [-0.3, -0.25) is 10.3 Å². The van der Waals surface area contributed by atoms with E-state index in [1.807, 2.05) is 6.08 Å². The Balaban J connectivity index is 2.21. The number of aromatic nitrogens is 1. The SMILES string of the molecule is CC(C)=CCCC(C)=CCCC(C)=CCCC(C)=CCOC(=O)Nc1cccnc1. The van der Waals surface area contributed by atoms with Crippen LogP contribution >= 0.6 is 0 Å². The third-order valence-electron chi connectivity index (χ3n) is 4.71. The summed E-state index contributed by atoms with van der Waals surface area (Å²) in [4.78, 5) is 15.7. The van der Waals surface area contributed by atoms with Gasteiger partial charge in [-0.05, 0) is 91.4 Å². The van der Waals surface area contributed by atoms with Crippen LogP contribution in [0.4, 0.5) is 10.5 Å². The lowest BCUT2D eigenvalue weighted by Gasteiger charge is -2.05. The Kier molecular flexibility index (Phi) is 12.9. The van der Waals surface area contributed by atoms with Crippen LogP contribution < -0.4 is 5.32 Å². The summed E-state index contributed by atoms with van der Waals surface area (Å²) in [5.74, 6) is 0. The molecule has 30 heavy (non-hydrogen) atoms. The number of nitrogens with zero attached hydrogens (tertiary/aromatic N) is 1. The number of amides is 1. The van der Waals surface area contributed by atoms with Gasteiger partial charge in [-0.2, -0.15) is 0 Å². The van der Waals surface area contributed by atoms with Crippen LogP contribution in [0.5, 0.6) is 0 Å². The van der Waals surface area contributed by atoms with E-state index in [1.165, 1.54) is 22.3 Å². The molecule has 0 aliphatic heterocycles. The number of hydrogen-bond donors (Lipinski definition) is 1. The first-order valence-electron chi connectivity index (χ1n) is 10.8. The monoisotopic (exact) mass is 410 g/mol. The first kappa shape index (κ1) is 25.4. The van der Waals surface area contributed by atoms with Gasteiger partial charge in [-0.25, -0.2) is 4.79 Å². The van der Waals surface area contributed by atoms with Gasteiger partial charge in [0.2, 0.25) is 0 Å². The molecule has 0 radical (unpaired) electrons. The van der Waals surface area contributed by atoms with Crippen molar-refractivity contribution in [3.8, 4) is 0 Å². The molecule has 0 bridgehead atoms. The Bertz CT molecular complexity index is 754. The molecular weight excluding hydrogens is 372 g/mol. The molecule has 0 saturated carbocycles. The number of rotatable bonds is 12. The second-order valence-corrected chi connectivity index (χ2v) is 8.01. The maximum absolute atomic E-state index is 11.7. The number of pyridine rings is 1. The normalized spacial score (nSPS) is 12.5. The Morgan fingerprint density at radius 1 is 0.900 bits per heavy atom. The molecule has 1 N–H and O–H groups in total. The zero-order chi connectivity index (χ0) is 22.2. The summed E-state index contributed by atoms with van der Waals surface area (Å²) in [5, 5.41) is 2.65. The predicted molar refractivity (Wildman–Crippen MR) is 128 cm³/mol. The van der Waals surface area contributed by atoms with Crippen molar-refractivity contribution in [2.24, 2.45) is 0 Å². The molecule has 0 atom stereocenters. The van der Waals surface area contributed by atoms with Gasteiger partial charge >= 0.3 is 6.09 Å². The van der Waals surface area contributed by atoms with Gasteiger partial charge in [0.25, 0.3) is 0 Å². The first-order valence-corrected chi connectivity index (χ1v) is 10.8. The van der Waals surface area contributed by atoms with Crippen molar-refractivity contribution in [1.82, 2.24) is 4.98 Å². The lowest BCUT2D eigenvalue weighted by atomic mass is 10.0. The lowest BCUT2D eigenvalue weighted by Crippen LogP contribution is -2.13. The fourth-order valence-electron chi connectivity index (χ4n) is 2.84. The summed E-state index contributed by atoms with van der Waals surface area (Å²) in [5.41, 5.74) is 6.16. The second kappa shape index (κ2) is 15.3. The molecular formula is C26H38N2O2. The molecule has 4 nitrogen and oxygen atoms in total. The number of carbonyl (C=O) groups is 1. The summed E-state index contributed by atoms with van der Waals surface area (Å²) >= 11 is 0. The Morgan fingerprint density at radius 2 is 1.47 bits per heavy atom. The molecule has 1 aromatic heterocycles. The standard InChI is InChI=1S/C26H38N2O2/c1-21(2)10-6-11-22(3)12-7-13-23(4)14-8-15-24(5)17-19-30-26(29)28-25-16-9-18-27-20-25/h9-10,12,14,16-18,20H,6-8,11,13,15,19H2,1-5H3,(H,28,29). The van der Waals surface area contributed by atoms with Crippen molar-refractivity contribution in [3.63, 3.8) is 0 Å². The van der Waals surface area contributed by atoms with Crippen LogP contribution in [-0.4, -0.2) is 17.7 Å². The summed E-state index contributed by atoms with van der Waals surface area (Å²) in [6.07, 6.45) is 18.2. The maximum atomic E-state index is 11.7. The average Bonchev–Trinajstić information content (AvgIpc) is 2.68. The van der Waals surface area contributed by atoms with Crippen molar-refractivity contribution >= 4 is 11.8 Å². The lowest BCUT2D eigenvalue weighted by molar-refractivity contribution is 0.174. The minimum atomic E-state index is -0.466. The predicted octanol–water partition coefficient (Wildman–Crippen LogP) is 7.78. The van der Waals surface area contributed by atoms with Crippen LogP contribution in [0, 0.1) is 0 Å². The van der Waals surface area contributed by atoms with E-state index in [2.05, 4.69) is 63.1 Å². The molecule has 0 saturated heterocycles. The fraction of sp³-hybridized carbons (Fsp3) is 0.462. The molecule has 0 fully saturated rings. The number of hydrogen-bond acceptors (Lipinski definition) is 3. The highest BCUT2D eigenvalue weighted by molar-refractivity contribution is 5.84. The van der Waals surface area contributed by atoms with E-state index < -0.39 is 6.09 Å². The molecule has 0 aromatic carbocycles. The van der Waals surface area contributed by atoms with Gasteiger partial charge in [0.05, 0.1) is 11.9 Å². The highest BCUT2D eigenvalue weighted by Crippen LogP contribution is 2.13. The Labute approximate surface area is 182 Å². The Hall–Kier alpha value is -2.62. The van der Waals surface area contributed by atoms with E-state index >= 15 is 0 Å². The van der Waals surface area contributed by atoms with Gasteiger partial charge in [0.1, 0.15) is 6.61 Å². The van der Waals surface area contributed by atoms with E-state index in [4.69, 9.17) is 4.74 Å². The third-order valence-corrected chi connectivity index (χ3v) is 4.71. The molecule has 4 heteroatoms. The van der Waals surface area contributed by atoms with Crippen molar-refractivity contribution < 1.29 is 9.53 Å². The quantitative estimate of drug-likeness (QED) is 0.358. The van der Waals surface area contributed by atoms with Crippen LogP contribution in [-0.2, 0) is 4.74 Å². The molecule has 1 amide bonds. The van der Waals surface area contributed by atoms with E-state index in [0.29, 0.717) is 5.69 Å².